The molecule has 2 aromatic rings. The van der Waals surface area contributed by atoms with Crippen molar-refractivity contribution in [1.82, 2.24) is 10.2 Å². The molecule has 0 bridgehead atoms. The number of benzene rings is 1. The second-order valence-corrected chi connectivity index (χ2v) is 5.37. The number of hydrogen-bond donors (Lipinski definition) is 0. The fourth-order valence-electron chi connectivity index (χ4n) is 1.23. The van der Waals surface area contributed by atoms with Crippen LogP contribution < -0.4 is 4.74 Å². The van der Waals surface area contributed by atoms with Gasteiger partial charge in [0.2, 0.25) is 0 Å². The highest BCUT2D eigenvalue weighted by Gasteiger charge is 2.12. The van der Waals surface area contributed by atoms with E-state index in [4.69, 9.17) is 0 Å². The predicted octanol–water partition coefficient (Wildman–Crippen LogP) is 4.12. The van der Waals surface area contributed by atoms with Gasteiger partial charge in [-0.15, -0.1) is 10.2 Å². The highest BCUT2D eigenvalue weighted by molar-refractivity contribution is 8.01. The molecule has 0 saturated heterocycles. The molecule has 1 aromatic heterocycles. The molecule has 0 unspecified atom stereocenters. The van der Waals surface area contributed by atoms with Gasteiger partial charge in [-0.3, -0.25) is 0 Å². The molecule has 19 heavy (non-hydrogen) atoms. The van der Waals surface area contributed by atoms with Crippen molar-refractivity contribution >= 4 is 23.1 Å². The molecule has 0 aliphatic carbocycles. The second-order valence-electron chi connectivity index (χ2n) is 3.15. The van der Waals surface area contributed by atoms with E-state index in [9.17, 15) is 17.6 Å². The maximum Gasteiger partial charge on any atom is 0.387 e. The minimum atomic E-state index is -2.89. The summed E-state index contributed by atoms with van der Waals surface area (Å²) in [6, 6.07) is 5.72. The summed E-state index contributed by atoms with van der Waals surface area (Å²) in [7, 11) is 0. The first-order chi connectivity index (χ1) is 9.04. The van der Waals surface area contributed by atoms with Crippen molar-refractivity contribution < 1.29 is 22.3 Å². The molecule has 0 atom stereocenters. The summed E-state index contributed by atoms with van der Waals surface area (Å²) in [6.45, 7) is -2.89. The molecule has 9 heteroatoms. The average molecular weight is 310 g/mol. The monoisotopic (exact) mass is 310 g/mol. The van der Waals surface area contributed by atoms with Gasteiger partial charge in [-0.1, -0.05) is 11.3 Å². The summed E-state index contributed by atoms with van der Waals surface area (Å²) >= 11 is 1.32. The van der Waals surface area contributed by atoms with Gasteiger partial charge in [0, 0.05) is 5.56 Å². The van der Waals surface area contributed by atoms with Gasteiger partial charge < -0.3 is 4.74 Å². The van der Waals surface area contributed by atoms with E-state index in [2.05, 4.69) is 14.9 Å². The van der Waals surface area contributed by atoms with Gasteiger partial charge in [0.1, 0.15) is 10.8 Å². The van der Waals surface area contributed by atoms with Crippen LogP contribution in [-0.2, 0) is 0 Å². The van der Waals surface area contributed by atoms with E-state index in [-0.39, 0.29) is 10.1 Å². The lowest BCUT2D eigenvalue weighted by Crippen LogP contribution is -2.01. The summed E-state index contributed by atoms with van der Waals surface area (Å²) in [6.07, 6.45) is 0. The van der Waals surface area contributed by atoms with Gasteiger partial charge in [0.15, 0.2) is 4.34 Å². The lowest BCUT2D eigenvalue weighted by Gasteiger charge is -2.03. The third-order valence-electron chi connectivity index (χ3n) is 1.92. The molecule has 0 fully saturated rings. The maximum atomic E-state index is 12.1. The molecular formula is C10H6F4N2OS2. The van der Waals surface area contributed by atoms with Crippen LogP contribution in [0.1, 0.15) is 0 Å². The molecule has 0 aliphatic rings. The van der Waals surface area contributed by atoms with E-state index in [1.54, 1.807) is 0 Å². The van der Waals surface area contributed by atoms with E-state index in [1.807, 2.05) is 0 Å². The SMILES string of the molecule is FC(F)Oc1ccc(-c2nnc(SC(F)F)s2)cc1. The van der Waals surface area contributed by atoms with Crippen molar-refractivity contribution in [2.75, 3.05) is 0 Å². The van der Waals surface area contributed by atoms with Crippen LogP contribution in [0, 0.1) is 0 Å². The summed E-state index contributed by atoms with van der Waals surface area (Å²) < 4.78 is 52.5. The lowest BCUT2D eigenvalue weighted by atomic mass is 10.2. The number of nitrogens with zero attached hydrogens (tertiary/aromatic N) is 2. The summed E-state index contributed by atoms with van der Waals surface area (Å²) in [5.41, 5.74) is 0.597. The molecule has 0 amide bonds. The summed E-state index contributed by atoms with van der Waals surface area (Å²) in [4.78, 5) is 0. The van der Waals surface area contributed by atoms with Gasteiger partial charge in [0.05, 0.1) is 0 Å². The molecule has 2 rings (SSSR count). The number of alkyl halides is 4. The molecular weight excluding hydrogens is 304 g/mol. The minimum Gasteiger partial charge on any atom is -0.435 e. The number of rotatable bonds is 5. The van der Waals surface area contributed by atoms with Gasteiger partial charge in [0.25, 0.3) is 5.76 Å². The fraction of sp³-hybridized carbons (Fsp3) is 0.200. The number of aromatic nitrogens is 2. The predicted molar refractivity (Wildman–Crippen MR) is 63.8 cm³/mol. The van der Waals surface area contributed by atoms with Gasteiger partial charge in [-0.05, 0) is 36.0 Å². The van der Waals surface area contributed by atoms with Gasteiger partial charge in [-0.25, -0.2) is 0 Å². The fourth-order valence-corrected chi connectivity index (χ4v) is 2.70. The van der Waals surface area contributed by atoms with Crippen LogP contribution in [0.4, 0.5) is 17.6 Å². The first-order valence-electron chi connectivity index (χ1n) is 4.88. The van der Waals surface area contributed by atoms with E-state index >= 15 is 0 Å². The van der Waals surface area contributed by atoms with Crippen molar-refractivity contribution in [2.24, 2.45) is 0 Å². The van der Waals surface area contributed by atoms with E-state index in [0.717, 1.165) is 11.3 Å². The summed E-state index contributed by atoms with van der Waals surface area (Å²) in [5, 5.41) is 7.80. The van der Waals surface area contributed by atoms with Crippen molar-refractivity contribution in [3.8, 4) is 16.3 Å². The minimum absolute atomic E-state index is 0.0189. The highest BCUT2D eigenvalue weighted by Crippen LogP contribution is 2.33. The first-order valence-corrected chi connectivity index (χ1v) is 6.58. The number of thioether (sulfide) groups is 1. The standard InChI is InChI=1S/C10H6F4N2OS2/c11-8(12)17-6-3-1-5(2-4-6)7-15-16-10(18-7)19-9(13)14/h1-4,8-9H. The van der Waals surface area contributed by atoms with Crippen molar-refractivity contribution in [3.05, 3.63) is 24.3 Å². The Morgan fingerprint density at radius 2 is 1.74 bits per heavy atom. The number of hydrogen-bond acceptors (Lipinski definition) is 5. The zero-order valence-electron chi connectivity index (χ0n) is 9.10. The quantitative estimate of drug-likeness (QED) is 0.614. The molecule has 0 spiro atoms. The van der Waals surface area contributed by atoms with Crippen LogP contribution >= 0.6 is 23.1 Å². The summed E-state index contributed by atoms with van der Waals surface area (Å²) in [5.74, 6) is -2.53. The largest absolute Gasteiger partial charge is 0.435 e. The molecule has 3 nitrogen and oxygen atoms in total. The molecule has 1 heterocycles. The van der Waals surface area contributed by atoms with Crippen molar-refractivity contribution in [3.63, 3.8) is 0 Å². The third-order valence-corrected chi connectivity index (χ3v) is 3.69. The zero-order chi connectivity index (χ0) is 13.8. The lowest BCUT2D eigenvalue weighted by molar-refractivity contribution is -0.0498. The van der Waals surface area contributed by atoms with Crippen LogP contribution in [0.3, 0.4) is 0 Å². The highest BCUT2D eigenvalue weighted by atomic mass is 32.2. The Kier molecular flexibility index (Phi) is 4.59. The zero-order valence-corrected chi connectivity index (χ0v) is 10.7. The van der Waals surface area contributed by atoms with E-state index in [1.165, 1.54) is 24.3 Å². The Bertz CT molecular complexity index is 533. The Morgan fingerprint density at radius 1 is 1.05 bits per heavy atom. The Balaban J connectivity index is 2.11. The maximum absolute atomic E-state index is 12.1. The Morgan fingerprint density at radius 3 is 2.32 bits per heavy atom. The van der Waals surface area contributed by atoms with Crippen LogP contribution in [0.25, 0.3) is 10.6 Å². The third kappa shape index (κ3) is 4.06. The van der Waals surface area contributed by atoms with E-state index < -0.39 is 12.4 Å². The average Bonchev–Trinajstić information content (AvgIpc) is 2.76. The molecule has 0 aliphatic heterocycles. The van der Waals surface area contributed by atoms with E-state index in [0.29, 0.717) is 22.3 Å². The smallest absolute Gasteiger partial charge is 0.387 e. The normalized spacial score (nSPS) is 11.3. The molecule has 0 saturated carbocycles. The number of ether oxygens (including phenoxy) is 1. The Labute approximate surface area is 113 Å². The first kappa shape index (κ1) is 14.1. The molecule has 102 valence electrons. The van der Waals surface area contributed by atoms with Crippen LogP contribution in [0.5, 0.6) is 5.75 Å². The van der Waals surface area contributed by atoms with Gasteiger partial charge >= 0.3 is 6.61 Å². The molecule has 0 radical (unpaired) electrons. The second kappa shape index (κ2) is 6.20. The van der Waals surface area contributed by atoms with Crippen molar-refractivity contribution in [2.45, 2.75) is 16.7 Å². The topological polar surface area (TPSA) is 35.0 Å². The molecule has 1 aromatic carbocycles. The van der Waals surface area contributed by atoms with Crippen molar-refractivity contribution in [1.29, 1.82) is 0 Å². The van der Waals surface area contributed by atoms with Crippen LogP contribution in [0.2, 0.25) is 0 Å². The van der Waals surface area contributed by atoms with Crippen LogP contribution in [-0.4, -0.2) is 22.6 Å². The van der Waals surface area contributed by atoms with Gasteiger partial charge in [-0.2, -0.15) is 17.6 Å². The molecule has 0 N–H and O–H groups in total. The number of halogens is 4. The van der Waals surface area contributed by atoms with Crippen LogP contribution in [0.15, 0.2) is 28.6 Å². The Hall–Kier alpha value is -1.35.